The van der Waals surface area contributed by atoms with Gasteiger partial charge in [-0.25, -0.2) is 12.8 Å². The van der Waals surface area contributed by atoms with Gasteiger partial charge in [-0.3, -0.25) is 4.79 Å². The van der Waals surface area contributed by atoms with E-state index in [-0.39, 0.29) is 23.9 Å². The van der Waals surface area contributed by atoms with Crippen molar-refractivity contribution in [2.45, 2.75) is 29.9 Å². The van der Waals surface area contributed by atoms with Gasteiger partial charge in [0.15, 0.2) is 9.84 Å². The van der Waals surface area contributed by atoms with Crippen molar-refractivity contribution in [1.29, 1.82) is 0 Å². The van der Waals surface area contributed by atoms with Crippen LogP contribution in [0.5, 0.6) is 0 Å². The van der Waals surface area contributed by atoms with Crippen molar-refractivity contribution >= 4 is 15.7 Å². The molecule has 0 unspecified atom stereocenters. The topological polar surface area (TPSA) is 54.5 Å². The third-order valence-corrected chi connectivity index (χ3v) is 6.60. The van der Waals surface area contributed by atoms with Crippen LogP contribution in [0.1, 0.15) is 17.5 Å². The maximum atomic E-state index is 12.9. The van der Waals surface area contributed by atoms with E-state index in [4.69, 9.17) is 0 Å². The van der Waals surface area contributed by atoms with Gasteiger partial charge in [-0.1, -0.05) is 29.8 Å². The summed E-state index contributed by atoms with van der Waals surface area (Å²) in [6.07, 6.45) is 1.01. The molecule has 0 saturated carbocycles. The highest BCUT2D eigenvalue weighted by atomic mass is 32.2. The molecule has 3 rings (SSSR count). The summed E-state index contributed by atoms with van der Waals surface area (Å²) in [6, 6.07) is 12.8. The third-order valence-electron chi connectivity index (χ3n) is 4.49. The Labute approximate surface area is 147 Å². The van der Waals surface area contributed by atoms with E-state index in [0.29, 0.717) is 12.8 Å². The van der Waals surface area contributed by atoms with Crippen LogP contribution in [-0.4, -0.2) is 37.6 Å². The molecule has 1 fully saturated rings. The van der Waals surface area contributed by atoms with Crippen molar-refractivity contribution in [1.82, 2.24) is 4.90 Å². The first-order valence-electron chi connectivity index (χ1n) is 8.19. The number of halogens is 1. The second kappa shape index (κ2) is 6.96. The Morgan fingerprint density at radius 1 is 1.16 bits per heavy atom. The van der Waals surface area contributed by atoms with Crippen molar-refractivity contribution in [3.8, 4) is 0 Å². The number of sulfone groups is 1. The largest absolute Gasteiger partial charge is 0.340 e. The second-order valence-electron chi connectivity index (χ2n) is 6.41. The fourth-order valence-electron chi connectivity index (χ4n) is 2.93. The van der Waals surface area contributed by atoms with Gasteiger partial charge in [-0.05, 0) is 43.2 Å². The zero-order valence-electron chi connectivity index (χ0n) is 14.0. The molecule has 0 atom stereocenters. The first-order valence-corrected chi connectivity index (χ1v) is 9.73. The number of likely N-dealkylation sites (tertiary alicyclic amines) is 1. The number of carbonyl (C=O) groups is 1. The Bertz CT molecular complexity index is 872. The number of amides is 1. The summed E-state index contributed by atoms with van der Waals surface area (Å²) >= 11 is 0. The second-order valence-corrected chi connectivity index (χ2v) is 8.64. The molecule has 132 valence electrons. The molecule has 0 aliphatic carbocycles. The number of aryl methyl sites for hydroxylation is 2. The van der Waals surface area contributed by atoms with Crippen LogP contribution in [0.15, 0.2) is 53.4 Å². The molecule has 4 nitrogen and oxygen atoms in total. The summed E-state index contributed by atoms with van der Waals surface area (Å²) in [7, 11) is -3.52. The van der Waals surface area contributed by atoms with E-state index in [1.807, 2.05) is 31.2 Å². The number of nitrogens with zero attached hydrogens (tertiary/aromatic N) is 1. The fourth-order valence-corrected chi connectivity index (χ4v) is 4.58. The Balaban J connectivity index is 1.54. The lowest BCUT2D eigenvalue weighted by molar-refractivity contribution is -0.134. The lowest BCUT2D eigenvalue weighted by Gasteiger charge is -2.38. The molecule has 0 bridgehead atoms. The first-order chi connectivity index (χ1) is 11.9. The highest BCUT2D eigenvalue weighted by Crippen LogP contribution is 2.24. The summed E-state index contributed by atoms with van der Waals surface area (Å²) in [5.41, 5.74) is 2.25. The summed E-state index contributed by atoms with van der Waals surface area (Å²) in [5, 5.41) is -0.610. The lowest BCUT2D eigenvalue weighted by atomic mass is 10.1. The van der Waals surface area contributed by atoms with Crippen LogP contribution >= 0.6 is 0 Å². The fraction of sp³-hybridized carbons (Fsp3) is 0.316. The smallest absolute Gasteiger partial charge is 0.222 e. The zero-order valence-corrected chi connectivity index (χ0v) is 14.8. The summed E-state index contributed by atoms with van der Waals surface area (Å²) < 4.78 is 37.8. The lowest BCUT2D eigenvalue weighted by Crippen LogP contribution is -2.56. The molecule has 6 heteroatoms. The molecule has 1 heterocycles. The highest BCUT2D eigenvalue weighted by Gasteiger charge is 2.40. The number of hydrogen-bond acceptors (Lipinski definition) is 3. The van der Waals surface area contributed by atoms with E-state index in [1.165, 1.54) is 12.1 Å². The maximum absolute atomic E-state index is 12.9. The van der Waals surface area contributed by atoms with Gasteiger partial charge < -0.3 is 4.90 Å². The van der Waals surface area contributed by atoms with E-state index in [9.17, 15) is 17.6 Å². The third kappa shape index (κ3) is 3.90. The van der Waals surface area contributed by atoms with Crippen molar-refractivity contribution in [3.63, 3.8) is 0 Å². The van der Waals surface area contributed by atoms with Crippen LogP contribution in [0.3, 0.4) is 0 Å². The molecule has 1 amide bonds. The van der Waals surface area contributed by atoms with Gasteiger partial charge in [0, 0.05) is 19.5 Å². The standard InChI is InChI=1S/C19H20FNO3S/c1-14-3-2-4-15(11-14)5-10-19(22)21-12-18(13-21)25(23,24)17-8-6-16(20)7-9-17/h2-4,6-9,11,18H,5,10,12-13H2,1H3. The van der Waals surface area contributed by atoms with E-state index in [2.05, 4.69) is 0 Å². The normalized spacial score (nSPS) is 15.0. The molecular weight excluding hydrogens is 341 g/mol. The molecule has 0 radical (unpaired) electrons. The van der Waals surface area contributed by atoms with E-state index < -0.39 is 20.9 Å². The van der Waals surface area contributed by atoms with Crippen LogP contribution in [0.4, 0.5) is 4.39 Å². The highest BCUT2D eigenvalue weighted by molar-refractivity contribution is 7.92. The van der Waals surface area contributed by atoms with E-state index in [0.717, 1.165) is 23.3 Å². The summed E-state index contributed by atoms with van der Waals surface area (Å²) in [6.45, 7) is 2.41. The molecule has 25 heavy (non-hydrogen) atoms. The molecule has 2 aromatic carbocycles. The van der Waals surface area contributed by atoms with Crippen LogP contribution in [0.25, 0.3) is 0 Å². The van der Waals surface area contributed by atoms with Crippen LogP contribution in [0, 0.1) is 12.7 Å². The molecule has 2 aromatic rings. The predicted octanol–water partition coefficient (Wildman–Crippen LogP) is 2.75. The molecule has 0 N–H and O–H groups in total. The number of rotatable bonds is 5. The molecule has 1 aliphatic heterocycles. The number of hydrogen-bond donors (Lipinski definition) is 0. The van der Waals surface area contributed by atoms with E-state index >= 15 is 0 Å². The minimum absolute atomic E-state index is 0.0351. The van der Waals surface area contributed by atoms with Gasteiger partial charge in [-0.2, -0.15) is 0 Å². The van der Waals surface area contributed by atoms with E-state index in [1.54, 1.807) is 4.90 Å². The van der Waals surface area contributed by atoms with Crippen LogP contribution in [0.2, 0.25) is 0 Å². The molecule has 1 saturated heterocycles. The molecular formula is C19H20FNO3S. The minimum Gasteiger partial charge on any atom is -0.340 e. The average Bonchev–Trinajstić information content (AvgIpc) is 2.52. The average molecular weight is 361 g/mol. The summed E-state index contributed by atoms with van der Waals surface area (Å²) in [5.74, 6) is -0.507. The van der Waals surface area contributed by atoms with Gasteiger partial charge in [0.25, 0.3) is 0 Å². The van der Waals surface area contributed by atoms with Gasteiger partial charge in [0.1, 0.15) is 11.1 Å². The maximum Gasteiger partial charge on any atom is 0.222 e. The van der Waals surface area contributed by atoms with Gasteiger partial charge in [-0.15, -0.1) is 0 Å². The van der Waals surface area contributed by atoms with Gasteiger partial charge in [0.2, 0.25) is 5.91 Å². The Morgan fingerprint density at radius 2 is 1.84 bits per heavy atom. The Hall–Kier alpha value is -2.21. The molecule has 0 aromatic heterocycles. The van der Waals surface area contributed by atoms with Crippen molar-refractivity contribution < 1.29 is 17.6 Å². The van der Waals surface area contributed by atoms with Gasteiger partial charge in [0.05, 0.1) is 4.90 Å². The van der Waals surface area contributed by atoms with Crippen molar-refractivity contribution in [2.75, 3.05) is 13.1 Å². The number of carbonyl (C=O) groups excluding carboxylic acids is 1. The van der Waals surface area contributed by atoms with Crippen molar-refractivity contribution in [3.05, 3.63) is 65.5 Å². The predicted molar refractivity (Wildman–Crippen MR) is 93.5 cm³/mol. The monoisotopic (exact) mass is 361 g/mol. The first kappa shape index (κ1) is 17.6. The SMILES string of the molecule is Cc1cccc(CCC(=O)N2CC(S(=O)(=O)c3ccc(F)cc3)C2)c1. The van der Waals surface area contributed by atoms with Crippen LogP contribution in [-0.2, 0) is 21.1 Å². The quantitative estimate of drug-likeness (QED) is 0.770. The molecule has 1 aliphatic rings. The summed E-state index contributed by atoms with van der Waals surface area (Å²) in [4.78, 5) is 13.9. The van der Waals surface area contributed by atoms with Crippen molar-refractivity contribution in [2.24, 2.45) is 0 Å². The Morgan fingerprint density at radius 3 is 2.48 bits per heavy atom. The minimum atomic E-state index is -3.52. The van der Waals surface area contributed by atoms with Gasteiger partial charge >= 0.3 is 0 Å². The van der Waals surface area contributed by atoms with Crippen LogP contribution < -0.4 is 0 Å². The molecule has 0 spiro atoms. The Kier molecular flexibility index (Phi) is 4.90. The zero-order chi connectivity index (χ0) is 18.0. The number of benzene rings is 2.